The van der Waals surface area contributed by atoms with Gasteiger partial charge in [0.05, 0.1) is 0 Å². The molecule has 0 radical (unpaired) electrons. The predicted molar refractivity (Wildman–Crippen MR) is 71.7 cm³/mol. The van der Waals surface area contributed by atoms with Crippen molar-refractivity contribution < 1.29 is 9.59 Å². The molecule has 0 atom stereocenters. The van der Waals surface area contributed by atoms with Crippen LogP contribution in [0.4, 0.5) is 0 Å². The summed E-state index contributed by atoms with van der Waals surface area (Å²) < 4.78 is 0. The number of ketones is 1. The van der Waals surface area contributed by atoms with E-state index in [2.05, 4.69) is 5.32 Å². The van der Waals surface area contributed by atoms with Gasteiger partial charge in [0.2, 0.25) is 0 Å². The monoisotopic (exact) mass is 248 g/mol. The van der Waals surface area contributed by atoms with E-state index < -0.39 is 0 Å². The molecule has 0 aliphatic rings. The van der Waals surface area contributed by atoms with E-state index in [0.29, 0.717) is 18.5 Å². The van der Waals surface area contributed by atoms with Crippen molar-refractivity contribution in [3.63, 3.8) is 0 Å². The van der Waals surface area contributed by atoms with Crippen LogP contribution in [0.5, 0.6) is 0 Å². The molecule has 0 fully saturated rings. The highest BCUT2D eigenvalue weighted by molar-refractivity contribution is 5.97. The summed E-state index contributed by atoms with van der Waals surface area (Å²) in [7, 11) is 3.91. The van der Waals surface area contributed by atoms with E-state index in [4.69, 9.17) is 0 Å². The van der Waals surface area contributed by atoms with E-state index in [1.54, 1.807) is 6.07 Å². The van der Waals surface area contributed by atoms with Crippen LogP contribution >= 0.6 is 0 Å². The van der Waals surface area contributed by atoms with Crippen molar-refractivity contribution in [3.8, 4) is 0 Å². The number of carbonyl (C=O) groups is 2. The minimum absolute atomic E-state index is 0.0588. The number of hydrogen-bond acceptors (Lipinski definition) is 3. The maximum Gasteiger partial charge on any atom is 0.251 e. The lowest BCUT2D eigenvalue weighted by molar-refractivity contribution is -0.116. The second-order valence-corrected chi connectivity index (χ2v) is 4.60. The van der Waals surface area contributed by atoms with E-state index in [-0.39, 0.29) is 11.7 Å². The lowest BCUT2D eigenvalue weighted by Gasteiger charge is -2.12. The topological polar surface area (TPSA) is 49.4 Å². The molecule has 0 saturated heterocycles. The Balaban J connectivity index is 2.69. The van der Waals surface area contributed by atoms with E-state index in [9.17, 15) is 9.59 Å². The molecule has 4 nitrogen and oxygen atoms in total. The molecule has 1 N–H and O–H groups in total. The van der Waals surface area contributed by atoms with Crippen LogP contribution < -0.4 is 5.32 Å². The zero-order valence-corrected chi connectivity index (χ0v) is 11.2. The molecule has 0 aromatic heterocycles. The third kappa shape index (κ3) is 4.67. The van der Waals surface area contributed by atoms with E-state index in [0.717, 1.165) is 12.1 Å². The molecular formula is C14H20N2O2. The fraction of sp³-hybridized carbons (Fsp3) is 0.429. The number of nitrogens with one attached hydrogen (secondary N) is 1. The van der Waals surface area contributed by atoms with Gasteiger partial charge < -0.3 is 10.2 Å². The molecule has 0 aliphatic carbocycles. The summed E-state index contributed by atoms with van der Waals surface area (Å²) >= 11 is 0. The highest BCUT2D eigenvalue weighted by atomic mass is 16.1. The van der Waals surface area contributed by atoms with Crippen molar-refractivity contribution in [2.45, 2.75) is 13.3 Å². The highest BCUT2D eigenvalue weighted by Crippen LogP contribution is 2.09. The first kappa shape index (κ1) is 14.4. The van der Waals surface area contributed by atoms with Crippen LogP contribution in [0.25, 0.3) is 0 Å². The van der Waals surface area contributed by atoms with Crippen molar-refractivity contribution in [2.75, 3.05) is 27.2 Å². The standard InChI is InChI=1S/C14H20N2O2/c1-11(17)10-12-6-4-5-7-13(12)14(18)15-8-9-16(2)3/h4-7H,8-10H2,1-3H3,(H,15,18). The van der Waals surface area contributed by atoms with Gasteiger partial charge in [0.15, 0.2) is 0 Å². The highest BCUT2D eigenvalue weighted by Gasteiger charge is 2.11. The first-order valence-corrected chi connectivity index (χ1v) is 6.01. The van der Waals surface area contributed by atoms with Crippen molar-refractivity contribution in [2.24, 2.45) is 0 Å². The van der Waals surface area contributed by atoms with E-state index in [1.165, 1.54) is 6.92 Å². The number of amides is 1. The van der Waals surface area contributed by atoms with Crippen LogP contribution in [0.3, 0.4) is 0 Å². The zero-order chi connectivity index (χ0) is 13.5. The van der Waals surface area contributed by atoms with Crippen molar-refractivity contribution >= 4 is 11.7 Å². The van der Waals surface area contributed by atoms with Gasteiger partial charge in [-0.3, -0.25) is 9.59 Å². The smallest absolute Gasteiger partial charge is 0.251 e. The van der Waals surface area contributed by atoms with Gasteiger partial charge in [0.1, 0.15) is 5.78 Å². The van der Waals surface area contributed by atoms with Gasteiger partial charge in [-0.25, -0.2) is 0 Å². The normalized spacial score (nSPS) is 10.4. The molecule has 18 heavy (non-hydrogen) atoms. The quantitative estimate of drug-likeness (QED) is 0.820. The number of nitrogens with zero attached hydrogens (tertiary/aromatic N) is 1. The summed E-state index contributed by atoms with van der Waals surface area (Å²) in [6, 6.07) is 7.23. The molecule has 98 valence electrons. The second kappa shape index (κ2) is 6.91. The molecule has 4 heteroatoms. The minimum atomic E-state index is -0.117. The van der Waals surface area contributed by atoms with Crippen LogP contribution in [0, 0.1) is 0 Å². The van der Waals surface area contributed by atoms with Gasteiger partial charge in [0, 0.05) is 25.1 Å². The molecule has 1 aromatic rings. The Labute approximate surface area is 108 Å². The fourth-order valence-corrected chi connectivity index (χ4v) is 1.65. The van der Waals surface area contributed by atoms with Gasteiger partial charge in [-0.2, -0.15) is 0 Å². The molecule has 0 saturated carbocycles. The second-order valence-electron chi connectivity index (χ2n) is 4.60. The number of benzene rings is 1. The maximum atomic E-state index is 12.0. The summed E-state index contributed by atoms with van der Waals surface area (Å²) in [5.74, 6) is -0.0581. The van der Waals surface area contributed by atoms with Crippen molar-refractivity contribution in [1.82, 2.24) is 10.2 Å². The number of carbonyl (C=O) groups excluding carboxylic acids is 2. The molecule has 0 bridgehead atoms. The average Bonchev–Trinajstić information content (AvgIpc) is 2.28. The summed E-state index contributed by atoms with van der Waals surface area (Å²) in [6.07, 6.45) is 0.303. The first-order valence-electron chi connectivity index (χ1n) is 6.01. The average molecular weight is 248 g/mol. The summed E-state index contributed by atoms with van der Waals surface area (Å²) in [5.41, 5.74) is 1.37. The summed E-state index contributed by atoms with van der Waals surface area (Å²) in [5, 5.41) is 2.85. The van der Waals surface area contributed by atoms with Crippen LogP contribution in [0.15, 0.2) is 24.3 Å². The molecule has 1 rings (SSSR count). The Kier molecular flexibility index (Phi) is 5.52. The fourth-order valence-electron chi connectivity index (χ4n) is 1.65. The lowest BCUT2D eigenvalue weighted by atomic mass is 10.0. The van der Waals surface area contributed by atoms with Gasteiger partial charge in [0.25, 0.3) is 5.91 Å². The van der Waals surface area contributed by atoms with Crippen LogP contribution in [0.2, 0.25) is 0 Å². The van der Waals surface area contributed by atoms with E-state index >= 15 is 0 Å². The molecule has 1 amide bonds. The molecular weight excluding hydrogens is 228 g/mol. The van der Waals surface area contributed by atoms with Crippen LogP contribution in [0.1, 0.15) is 22.8 Å². The predicted octanol–water partition coefficient (Wildman–Crippen LogP) is 1.11. The van der Waals surface area contributed by atoms with Gasteiger partial charge in [-0.05, 0) is 32.6 Å². The Morgan fingerprint density at radius 1 is 1.22 bits per heavy atom. The Hall–Kier alpha value is -1.68. The Morgan fingerprint density at radius 2 is 1.89 bits per heavy atom. The Morgan fingerprint density at radius 3 is 2.50 bits per heavy atom. The van der Waals surface area contributed by atoms with Gasteiger partial charge in [-0.15, -0.1) is 0 Å². The first-order chi connectivity index (χ1) is 8.50. The zero-order valence-electron chi connectivity index (χ0n) is 11.2. The number of likely N-dealkylation sites (N-methyl/N-ethyl adjacent to an activating group) is 1. The molecule has 1 aromatic carbocycles. The molecule has 0 heterocycles. The largest absolute Gasteiger partial charge is 0.351 e. The SMILES string of the molecule is CC(=O)Cc1ccccc1C(=O)NCCN(C)C. The third-order valence-electron chi connectivity index (χ3n) is 2.55. The Bertz CT molecular complexity index is 428. The van der Waals surface area contributed by atoms with Gasteiger partial charge in [-0.1, -0.05) is 18.2 Å². The third-order valence-corrected chi connectivity index (χ3v) is 2.55. The van der Waals surface area contributed by atoms with E-state index in [1.807, 2.05) is 37.2 Å². The van der Waals surface area contributed by atoms with Crippen molar-refractivity contribution in [1.29, 1.82) is 0 Å². The summed E-state index contributed by atoms with van der Waals surface area (Å²) in [6.45, 7) is 2.92. The number of Topliss-reactive ketones (excluding diaryl/α,β-unsaturated/α-hetero) is 1. The lowest BCUT2D eigenvalue weighted by Crippen LogP contribution is -2.32. The van der Waals surface area contributed by atoms with Crippen molar-refractivity contribution in [3.05, 3.63) is 35.4 Å². The van der Waals surface area contributed by atoms with Gasteiger partial charge >= 0.3 is 0 Å². The van der Waals surface area contributed by atoms with Crippen LogP contribution in [-0.4, -0.2) is 43.8 Å². The minimum Gasteiger partial charge on any atom is -0.351 e. The molecule has 0 spiro atoms. The van der Waals surface area contributed by atoms with Crippen LogP contribution in [-0.2, 0) is 11.2 Å². The molecule has 0 aliphatic heterocycles. The number of rotatable bonds is 6. The summed E-state index contributed by atoms with van der Waals surface area (Å²) in [4.78, 5) is 25.1. The number of hydrogen-bond donors (Lipinski definition) is 1. The molecule has 0 unspecified atom stereocenters. The maximum absolute atomic E-state index is 12.0.